The first kappa shape index (κ1) is 22.6. The second-order valence-electron chi connectivity index (χ2n) is 6.71. The van der Waals surface area contributed by atoms with Crippen molar-refractivity contribution in [2.24, 2.45) is 5.10 Å². The summed E-state index contributed by atoms with van der Waals surface area (Å²) < 4.78 is 38.7. The number of alkyl halides is 4. The fourth-order valence-electron chi connectivity index (χ4n) is 2.75. The molecule has 0 N–H and O–H groups in total. The van der Waals surface area contributed by atoms with E-state index in [0.717, 1.165) is 10.7 Å². The number of anilines is 1. The third-order valence-corrected chi connectivity index (χ3v) is 4.93. The van der Waals surface area contributed by atoms with Gasteiger partial charge in [0.15, 0.2) is 5.71 Å². The van der Waals surface area contributed by atoms with Crippen molar-refractivity contribution in [3.8, 4) is 0 Å². The lowest BCUT2D eigenvalue weighted by Crippen LogP contribution is -2.51. The van der Waals surface area contributed by atoms with Crippen molar-refractivity contribution in [3.63, 3.8) is 0 Å². The molecule has 0 spiro atoms. The van der Waals surface area contributed by atoms with E-state index in [4.69, 9.17) is 23.2 Å². The first-order valence-corrected chi connectivity index (χ1v) is 9.78. The Bertz CT molecular complexity index is 687. The molecule has 156 valence electrons. The van der Waals surface area contributed by atoms with Gasteiger partial charge in [0, 0.05) is 42.9 Å². The van der Waals surface area contributed by atoms with Crippen LogP contribution in [0.3, 0.4) is 0 Å². The van der Waals surface area contributed by atoms with Crippen LogP contribution in [-0.4, -0.2) is 72.3 Å². The van der Waals surface area contributed by atoms with Crippen molar-refractivity contribution in [1.82, 2.24) is 9.91 Å². The number of piperazine rings is 1. The van der Waals surface area contributed by atoms with Gasteiger partial charge in [0.05, 0.1) is 5.88 Å². The van der Waals surface area contributed by atoms with Crippen LogP contribution in [0.1, 0.15) is 13.8 Å². The van der Waals surface area contributed by atoms with Gasteiger partial charge >= 0.3 is 6.18 Å². The smallest absolute Gasteiger partial charge is 0.368 e. The second kappa shape index (κ2) is 9.69. The molecule has 10 heteroatoms. The minimum Gasteiger partial charge on any atom is -0.368 e. The predicted molar refractivity (Wildman–Crippen MR) is 106 cm³/mol. The summed E-state index contributed by atoms with van der Waals surface area (Å²) in [5.41, 5.74) is -0.0925. The molecular weight excluding hydrogens is 416 g/mol. The van der Waals surface area contributed by atoms with Crippen LogP contribution in [0.4, 0.5) is 18.9 Å². The molecule has 2 rings (SSSR count). The summed E-state index contributed by atoms with van der Waals surface area (Å²) in [6.45, 7) is 5.36. The van der Waals surface area contributed by atoms with Crippen LogP contribution in [0.2, 0.25) is 5.02 Å². The Balaban J connectivity index is 1.98. The molecule has 1 aromatic rings. The van der Waals surface area contributed by atoms with Gasteiger partial charge in [0.25, 0.3) is 0 Å². The lowest BCUT2D eigenvalue weighted by Gasteiger charge is -2.37. The molecule has 0 unspecified atom stereocenters. The number of amides is 1. The van der Waals surface area contributed by atoms with Crippen molar-refractivity contribution < 1.29 is 18.0 Å². The monoisotopic (exact) mass is 438 g/mol. The minimum absolute atomic E-state index is 0.227. The number of benzene rings is 1. The van der Waals surface area contributed by atoms with Crippen LogP contribution in [0, 0.1) is 0 Å². The first-order chi connectivity index (χ1) is 13.1. The molecule has 1 aliphatic heterocycles. The Labute approximate surface area is 172 Å². The molecule has 1 heterocycles. The summed E-state index contributed by atoms with van der Waals surface area (Å²) in [5.74, 6) is -1.02. The lowest BCUT2D eigenvalue weighted by molar-refractivity contribution is -0.133. The molecule has 28 heavy (non-hydrogen) atoms. The fraction of sp³-hybridized carbons (Fsp3) is 0.556. The third-order valence-electron chi connectivity index (χ3n) is 4.42. The summed E-state index contributed by atoms with van der Waals surface area (Å²) in [6, 6.07) is 7.07. The van der Waals surface area contributed by atoms with Gasteiger partial charge < -0.3 is 9.80 Å². The third kappa shape index (κ3) is 6.17. The van der Waals surface area contributed by atoms with E-state index in [2.05, 4.69) is 10.0 Å². The van der Waals surface area contributed by atoms with Crippen molar-refractivity contribution in [3.05, 3.63) is 29.3 Å². The molecule has 0 bridgehead atoms. The average Bonchev–Trinajstić information content (AvgIpc) is 2.64. The molecule has 0 radical (unpaired) electrons. The molecule has 1 saturated heterocycles. The quantitative estimate of drug-likeness (QED) is 0.384. The van der Waals surface area contributed by atoms with Gasteiger partial charge in [-0.3, -0.25) is 9.80 Å². The first-order valence-electron chi connectivity index (χ1n) is 8.87. The van der Waals surface area contributed by atoms with Gasteiger partial charge in [-0.15, -0.1) is 11.6 Å². The van der Waals surface area contributed by atoms with Crippen molar-refractivity contribution >= 4 is 40.5 Å². The minimum atomic E-state index is -4.62. The van der Waals surface area contributed by atoms with Crippen LogP contribution in [0.25, 0.3) is 0 Å². The SMILES string of the molecule is CC(C)N(CC(=O)N1CCN(c2ccc(Cl)cc2)CC1)/N=C(\CCl)C(F)(F)F. The average molecular weight is 439 g/mol. The van der Waals surface area contributed by atoms with Crippen molar-refractivity contribution in [2.75, 3.05) is 43.5 Å². The highest BCUT2D eigenvalue weighted by molar-refractivity contribution is 6.30. The largest absolute Gasteiger partial charge is 0.432 e. The molecule has 0 atom stereocenters. The maximum atomic E-state index is 12.9. The predicted octanol–water partition coefficient (Wildman–Crippen LogP) is 3.86. The van der Waals surface area contributed by atoms with Crippen LogP contribution in [0.5, 0.6) is 0 Å². The van der Waals surface area contributed by atoms with E-state index < -0.39 is 17.8 Å². The zero-order chi connectivity index (χ0) is 20.9. The van der Waals surface area contributed by atoms with Gasteiger partial charge in [-0.1, -0.05) is 11.6 Å². The van der Waals surface area contributed by atoms with E-state index in [1.807, 2.05) is 24.3 Å². The summed E-state index contributed by atoms with van der Waals surface area (Å²) in [6.07, 6.45) is -4.62. The molecule has 0 saturated carbocycles. The van der Waals surface area contributed by atoms with Crippen LogP contribution in [0.15, 0.2) is 29.4 Å². The Hall–Kier alpha value is -1.67. The van der Waals surface area contributed by atoms with E-state index in [0.29, 0.717) is 31.2 Å². The maximum absolute atomic E-state index is 12.9. The molecule has 1 fully saturated rings. The summed E-state index contributed by atoms with van der Waals surface area (Å²) in [5, 5.41) is 5.39. The Kier molecular flexibility index (Phi) is 7.83. The van der Waals surface area contributed by atoms with Gasteiger partial charge in [0.1, 0.15) is 6.54 Å². The van der Waals surface area contributed by atoms with Gasteiger partial charge in [0.2, 0.25) is 5.91 Å². The molecule has 0 aliphatic carbocycles. The second-order valence-corrected chi connectivity index (χ2v) is 7.42. The van der Waals surface area contributed by atoms with Crippen LogP contribution >= 0.6 is 23.2 Å². The molecule has 0 aromatic heterocycles. The van der Waals surface area contributed by atoms with E-state index in [1.165, 1.54) is 0 Å². The molecule has 5 nitrogen and oxygen atoms in total. The van der Waals surface area contributed by atoms with Crippen LogP contribution < -0.4 is 4.90 Å². The number of carbonyl (C=O) groups excluding carboxylic acids is 1. The Morgan fingerprint density at radius 2 is 1.75 bits per heavy atom. The molecular formula is C18H23Cl2F3N4O. The van der Waals surface area contributed by atoms with Gasteiger partial charge in [-0.25, -0.2) is 0 Å². The number of rotatable bonds is 6. The standard InChI is InChI=1S/C18H23Cl2F3N4O/c1-13(2)27(24-16(11-19)18(21,22)23)12-17(28)26-9-7-25(8-10-26)15-5-3-14(20)4-6-15/h3-6,13H,7-12H2,1-2H3/b24-16+. The number of carbonyl (C=O) groups is 1. The summed E-state index contributed by atoms with van der Waals surface area (Å²) in [7, 11) is 0. The van der Waals surface area contributed by atoms with E-state index in [1.54, 1.807) is 18.7 Å². The Morgan fingerprint density at radius 1 is 1.18 bits per heavy atom. The van der Waals surface area contributed by atoms with Crippen molar-refractivity contribution in [2.45, 2.75) is 26.1 Å². The number of hydrazone groups is 1. The number of nitrogens with zero attached hydrogens (tertiary/aromatic N) is 4. The van der Waals surface area contributed by atoms with E-state index in [9.17, 15) is 18.0 Å². The fourth-order valence-corrected chi connectivity index (χ4v) is 3.08. The van der Waals surface area contributed by atoms with Crippen molar-refractivity contribution in [1.29, 1.82) is 0 Å². The summed E-state index contributed by atoms with van der Waals surface area (Å²) >= 11 is 11.3. The van der Waals surface area contributed by atoms with Gasteiger partial charge in [-0.05, 0) is 38.1 Å². The topological polar surface area (TPSA) is 39.2 Å². The number of hydrogen-bond donors (Lipinski definition) is 0. The number of halogens is 5. The zero-order valence-corrected chi connectivity index (χ0v) is 17.2. The molecule has 1 amide bonds. The highest BCUT2D eigenvalue weighted by Crippen LogP contribution is 2.21. The highest BCUT2D eigenvalue weighted by atomic mass is 35.5. The number of hydrogen-bond acceptors (Lipinski definition) is 4. The lowest BCUT2D eigenvalue weighted by atomic mass is 10.2. The highest BCUT2D eigenvalue weighted by Gasteiger charge is 2.36. The van der Waals surface area contributed by atoms with E-state index >= 15 is 0 Å². The van der Waals surface area contributed by atoms with Gasteiger partial charge in [-0.2, -0.15) is 18.3 Å². The zero-order valence-electron chi connectivity index (χ0n) is 15.7. The maximum Gasteiger partial charge on any atom is 0.432 e. The molecule has 1 aromatic carbocycles. The molecule has 1 aliphatic rings. The summed E-state index contributed by atoms with van der Waals surface area (Å²) in [4.78, 5) is 16.4. The van der Waals surface area contributed by atoms with Crippen LogP contribution in [-0.2, 0) is 4.79 Å². The Morgan fingerprint density at radius 3 is 2.21 bits per heavy atom. The normalized spacial score (nSPS) is 15.9. The van der Waals surface area contributed by atoms with E-state index in [-0.39, 0.29) is 18.5 Å².